The SMILES string of the molecule is Brc1ccc2oc(N3CCOCC3)nc2c1.C1COCCN1.Clc1nc2cc(Br)ccc2o1.PP(P)P(P(P)P)P(P(P)P)P(P(P(P)P)P(P)P)P(P(P(P(P)P)P(P)P)P(P(P)P)P(P)P)P(P(P(P(P)P)P(P)P)P(P(P)P)P(P)P)P(P(P(P)P)P(P)P)P(P(P)P)P(P)P. The third-order valence-corrected chi connectivity index (χ3v) is 472. The maximum Gasteiger partial charge on any atom is 0.298 e. The zero-order valence-corrected chi connectivity index (χ0v) is 123. The van der Waals surface area contributed by atoms with Crippen LogP contribution in [0.4, 0.5) is 6.01 Å². The minimum Gasteiger partial charge on any atom is -0.428 e. The van der Waals surface area contributed by atoms with Crippen LogP contribution in [0.15, 0.2) is 54.2 Å². The lowest BCUT2D eigenvalue weighted by molar-refractivity contribution is 0.109. The van der Waals surface area contributed by atoms with E-state index in [2.05, 4.69) is 356 Å². The molecule has 2 aromatic heterocycles. The highest BCUT2D eigenvalue weighted by Gasteiger charge is 2.62. The summed E-state index contributed by atoms with van der Waals surface area (Å²) in [7, 11) is 122. The van der Waals surface area contributed by atoms with E-state index in [4.69, 9.17) is 29.9 Å². The van der Waals surface area contributed by atoms with E-state index >= 15 is 0 Å². The lowest BCUT2D eigenvalue weighted by Crippen LogP contribution is -2.36. The molecule has 574 valence electrons. The first-order valence-corrected chi connectivity index (χ1v) is 147. The van der Waals surface area contributed by atoms with Gasteiger partial charge in [-0.25, -0.2) is 0 Å². The Balaban J connectivity index is 0.000000603. The van der Waals surface area contributed by atoms with Gasteiger partial charge < -0.3 is 28.5 Å². The van der Waals surface area contributed by atoms with Gasteiger partial charge in [0.2, 0.25) is 0 Å². The second-order valence-corrected chi connectivity index (χ2v) is 292. The Bertz CT molecular complexity index is 2690. The molecular formula is C22H91Br2ClN4O4P66. The van der Waals surface area contributed by atoms with Gasteiger partial charge in [0.25, 0.3) is 11.4 Å². The Kier molecular flexibility index (Phi) is 79.3. The summed E-state index contributed by atoms with van der Waals surface area (Å²) in [4.78, 5) is 10.5. The molecule has 2 aliphatic rings. The molecule has 0 radical (unpaired) electrons. The van der Waals surface area contributed by atoms with E-state index in [9.17, 15) is 0 Å². The van der Waals surface area contributed by atoms with E-state index in [1.165, 1.54) is 0 Å². The number of ether oxygens (including phenoxy) is 2. The minimum atomic E-state index is -0.331. The van der Waals surface area contributed by atoms with Crippen molar-refractivity contribution in [2.24, 2.45) is 0 Å². The van der Waals surface area contributed by atoms with Gasteiger partial charge in [-0.2, -0.15) is 9.97 Å². The first kappa shape index (κ1) is 120. The number of nitrogens with one attached hydrogen (secondary N) is 1. The smallest absolute Gasteiger partial charge is 0.298 e. The van der Waals surface area contributed by atoms with Crippen molar-refractivity contribution in [2.75, 3.05) is 57.5 Å². The van der Waals surface area contributed by atoms with Crippen LogP contribution in [0, 0.1) is 0 Å². The molecule has 77 heteroatoms. The number of anilines is 1. The van der Waals surface area contributed by atoms with Gasteiger partial charge in [0.15, 0.2) is 11.2 Å². The number of aromatic nitrogens is 2. The highest BCUT2D eigenvalue weighted by Crippen LogP contribution is 3.50. The largest absolute Gasteiger partial charge is 0.428 e. The van der Waals surface area contributed by atoms with Crippen LogP contribution in [0.2, 0.25) is 5.35 Å². The quantitative estimate of drug-likeness (QED) is 0.0484. The topological polar surface area (TPSA) is 85.8 Å². The van der Waals surface area contributed by atoms with E-state index in [-0.39, 0.29) is 229 Å². The average Bonchev–Trinajstić information content (AvgIpc) is 1.19. The Morgan fingerprint density at radius 1 is 0.313 bits per heavy atom. The summed E-state index contributed by atoms with van der Waals surface area (Å²) < 4.78 is 23.0. The third kappa shape index (κ3) is 42.3. The molecule has 2 fully saturated rings. The first-order valence-electron chi connectivity index (χ1n) is 25.5. The van der Waals surface area contributed by atoms with Crippen molar-refractivity contribution < 1.29 is 18.3 Å². The van der Waals surface area contributed by atoms with Crippen molar-refractivity contribution >= 4 is 599 Å². The van der Waals surface area contributed by atoms with Crippen LogP contribution >= 0.6 is 571 Å². The monoisotopic (exact) mass is 2710 g/mol. The molecule has 0 bridgehead atoms. The molecule has 0 saturated carbocycles. The molecule has 99 heavy (non-hydrogen) atoms. The van der Waals surface area contributed by atoms with Gasteiger partial charge in [-0.1, -0.05) is 31.9 Å². The van der Waals surface area contributed by atoms with Crippen LogP contribution in [-0.4, -0.2) is 62.6 Å². The summed E-state index contributed by atoms with van der Waals surface area (Å²) in [6.45, 7) is -1.57. The average molecular weight is 2720 g/mol. The standard InChI is InChI=1S/C11H11BrN2O2.C7H3BrClNO.C4H9NO.H68P66/c12-8-1-2-10-9(7-8)13-11(16-10)14-3-5-15-6-4-14;8-4-1-2-6-5(3-4)10-7(9)11-6;1-3-6-4-2-5-1;1-35(2)52(36(3)4)60(51(33)34)64(59(49(29)30)50(31)32)66(63(57(45(21)22)46(23)24)58(47(25)26)48(27)28)65(61(53(37(5)6)38(7)8)54(39(9)10)40(11)12)62(55(41(13)14)42(15)16)56(43(17)18)44(19)20/h1-2,7H,3-6H2;1-3H;5H,1-4H2;1-34H2. The van der Waals surface area contributed by atoms with E-state index in [0.717, 1.165) is 78.2 Å². The summed E-state index contributed by atoms with van der Waals surface area (Å²) in [5.41, 5.74) is 3.18. The number of halogens is 3. The molecule has 2 aromatic carbocycles. The highest BCUT2D eigenvalue weighted by atomic mass is 79.9. The Labute approximate surface area is 730 Å². The molecule has 8 nitrogen and oxygen atoms in total. The van der Waals surface area contributed by atoms with E-state index in [0.29, 0.717) is 11.6 Å². The molecule has 0 aliphatic carbocycles. The van der Waals surface area contributed by atoms with Gasteiger partial charge in [0.05, 0.1) is 26.4 Å². The molecule has 37 atom stereocenters. The van der Waals surface area contributed by atoms with Crippen molar-refractivity contribution in [3.8, 4) is 0 Å². The summed E-state index contributed by atoms with van der Waals surface area (Å²) >= 11 is 12.3. The number of benzene rings is 2. The fourth-order valence-corrected chi connectivity index (χ4v) is 970. The number of fused-ring (bicyclic) bond motifs is 2. The predicted octanol–water partition coefficient (Wildman–Crippen LogP) is 43.9. The van der Waals surface area contributed by atoms with Crippen LogP contribution < -0.4 is 10.2 Å². The Hall–Kier alpha value is 26.7. The van der Waals surface area contributed by atoms with Crippen molar-refractivity contribution in [2.45, 2.75) is 0 Å². The molecule has 0 spiro atoms. The van der Waals surface area contributed by atoms with Gasteiger partial charge in [-0.15, -0.1) is 304 Å². The van der Waals surface area contributed by atoms with Gasteiger partial charge in [-0.3, -0.25) is 0 Å². The summed E-state index contributed by atoms with van der Waals surface area (Å²) in [5.74, 6) is 0. The van der Waals surface area contributed by atoms with Crippen LogP contribution in [0.3, 0.4) is 0 Å². The molecule has 2 aliphatic heterocycles. The maximum atomic E-state index is 5.70. The maximum absolute atomic E-state index is 5.70. The van der Waals surface area contributed by atoms with Crippen LogP contribution in [0.25, 0.3) is 22.2 Å². The van der Waals surface area contributed by atoms with E-state index in [1.807, 2.05) is 36.4 Å². The van der Waals surface area contributed by atoms with Gasteiger partial charge in [-0.05, 0) is 272 Å². The van der Waals surface area contributed by atoms with E-state index < -0.39 is 0 Å². The highest BCUT2D eigenvalue weighted by molar-refractivity contribution is 9.55. The van der Waals surface area contributed by atoms with Crippen molar-refractivity contribution in [1.29, 1.82) is 0 Å². The van der Waals surface area contributed by atoms with Gasteiger partial charge >= 0.3 is 0 Å². The second-order valence-electron chi connectivity index (χ2n) is 17.6. The van der Waals surface area contributed by atoms with Gasteiger partial charge in [0, 0.05) is 35.1 Å². The van der Waals surface area contributed by atoms with Crippen molar-refractivity contribution in [1.82, 2.24) is 15.3 Å². The normalized spacial score (nSPS) is 16.0. The lowest BCUT2D eigenvalue weighted by atomic mass is 10.3. The molecule has 4 aromatic rings. The molecule has 2 saturated heterocycles. The number of hydrogen-bond acceptors (Lipinski definition) is 8. The third-order valence-electron chi connectivity index (χ3n) is 10.5. The van der Waals surface area contributed by atoms with E-state index in [1.54, 1.807) is 0 Å². The van der Waals surface area contributed by atoms with Crippen molar-refractivity contribution in [3.63, 3.8) is 0 Å². The Morgan fingerprint density at radius 3 is 0.798 bits per heavy atom. The number of oxazole rings is 2. The van der Waals surface area contributed by atoms with Crippen molar-refractivity contribution in [3.05, 3.63) is 50.7 Å². The first-order chi connectivity index (χ1) is 46.0. The molecular weight excluding hydrogens is 2620 g/mol. The fraction of sp³-hybridized carbons (Fsp3) is 0.364. The van der Waals surface area contributed by atoms with Crippen LogP contribution in [0.5, 0.6) is 0 Å². The molecule has 6 rings (SSSR count). The number of nitrogens with zero attached hydrogens (tertiary/aromatic N) is 3. The minimum absolute atomic E-state index is 0.179. The molecule has 4 heterocycles. The lowest BCUT2D eigenvalue weighted by Gasteiger charge is -2.61. The molecule has 1 N–H and O–H groups in total. The molecule has 37 unspecified atom stereocenters. The van der Waals surface area contributed by atoms with Crippen LogP contribution in [-0.2, 0) is 9.47 Å². The number of hydrogen-bond donors (Lipinski definition) is 1. The zero-order chi connectivity index (χ0) is 75.5. The zero-order valence-electron chi connectivity index (χ0n) is 51.7. The number of morpholine rings is 2. The van der Waals surface area contributed by atoms with Gasteiger partial charge in [0.1, 0.15) is 11.0 Å². The summed E-state index contributed by atoms with van der Waals surface area (Å²) in [6, 6.07) is 12.1. The Morgan fingerprint density at radius 2 is 0.545 bits per heavy atom. The number of rotatable bonds is 32. The predicted molar refractivity (Wildman–Crippen MR) is 687 cm³/mol. The summed E-state index contributed by atoms with van der Waals surface area (Å²) in [5, 5.41) is 3.34. The molecule has 0 amide bonds. The summed E-state index contributed by atoms with van der Waals surface area (Å²) in [6.07, 6.45) is 0. The fourth-order valence-electron chi connectivity index (χ4n) is 7.14. The van der Waals surface area contributed by atoms with Crippen LogP contribution in [0.1, 0.15) is 0 Å². The second kappa shape index (κ2) is 65.5.